The lowest BCUT2D eigenvalue weighted by molar-refractivity contribution is -0.141. The summed E-state index contributed by atoms with van der Waals surface area (Å²) in [5.41, 5.74) is 1.07. The minimum absolute atomic E-state index is 0.0569. The Morgan fingerprint density at radius 2 is 1.77 bits per heavy atom. The van der Waals surface area contributed by atoms with Crippen LogP contribution < -0.4 is 0 Å². The van der Waals surface area contributed by atoms with Crippen LogP contribution in [0.15, 0.2) is 24.3 Å². The number of fused-ring (bicyclic) bond motifs is 2. The van der Waals surface area contributed by atoms with E-state index in [-0.39, 0.29) is 41.5 Å². The molecule has 2 saturated carbocycles. The van der Waals surface area contributed by atoms with Crippen LogP contribution in [0, 0.1) is 23.6 Å². The fraction of sp³-hybridized carbons (Fsp3) is 0.611. The van der Waals surface area contributed by atoms with E-state index in [2.05, 4.69) is 0 Å². The number of halogens is 1. The van der Waals surface area contributed by atoms with Crippen LogP contribution in [0.4, 0.5) is 4.39 Å². The number of likely N-dealkylation sites (tertiary alicyclic amines) is 1. The molecule has 22 heavy (non-hydrogen) atoms. The number of piperidine rings is 1. The molecule has 1 amide bonds. The zero-order valence-electron chi connectivity index (χ0n) is 12.6. The van der Waals surface area contributed by atoms with E-state index < -0.39 is 0 Å². The number of aliphatic hydroxyl groups is 1. The van der Waals surface area contributed by atoms with Crippen molar-refractivity contribution in [3.63, 3.8) is 0 Å². The van der Waals surface area contributed by atoms with Crippen molar-refractivity contribution in [2.24, 2.45) is 17.8 Å². The van der Waals surface area contributed by atoms with Crippen molar-refractivity contribution in [1.29, 1.82) is 0 Å². The number of rotatable bonds is 2. The predicted molar refractivity (Wildman–Crippen MR) is 80.7 cm³/mol. The molecule has 118 valence electrons. The van der Waals surface area contributed by atoms with Gasteiger partial charge >= 0.3 is 0 Å². The van der Waals surface area contributed by atoms with E-state index in [0.717, 1.165) is 24.8 Å². The summed E-state index contributed by atoms with van der Waals surface area (Å²) in [4.78, 5) is 14.7. The predicted octanol–water partition coefficient (Wildman–Crippen LogP) is 2.55. The molecule has 2 aliphatic carbocycles. The van der Waals surface area contributed by atoms with Gasteiger partial charge in [-0.05, 0) is 42.9 Å². The summed E-state index contributed by atoms with van der Waals surface area (Å²) in [5.74, 6) is 0.836. The SMILES string of the molecule is O=C(C1CC1c1ccc(F)cc1)N1CC2CCCC(C1)C2O. The number of benzene rings is 1. The maximum atomic E-state index is 13.0. The molecule has 4 atom stereocenters. The van der Waals surface area contributed by atoms with E-state index in [0.29, 0.717) is 13.1 Å². The molecule has 4 heteroatoms. The highest BCUT2D eigenvalue weighted by Crippen LogP contribution is 2.49. The average Bonchev–Trinajstić information content (AvgIpc) is 3.27. The van der Waals surface area contributed by atoms with Crippen LogP contribution >= 0.6 is 0 Å². The van der Waals surface area contributed by atoms with Crippen LogP contribution in [0.2, 0.25) is 0 Å². The molecular formula is C18H22FNO2. The lowest BCUT2D eigenvalue weighted by Crippen LogP contribution is -2.53. The van der Waals surface area contributed by atoms with E-state index in [4.69, 9.17) is 0 Å². The molecule has 4 unspecified atom stereocenters. The first-order valence-corrected chi connectivity index (χ1v) is 8.36. The first kappa shape index (κ1) is 14.2. The molecule has 3 aliphatic rings. The van der Waals surface area contributed by atoms with E-state index >= 15 is 0 Å². The third-order valence-corrected chi connectivity index (χ3v) is 5.74. The first-order valence-electron chi connectivity index (χ1n) is 8.36. The summed E-state index contributed by atoms with van der Waals surface area (Å²) in [5, 5.41) is 10.2. The van der Waals surface area contributed by atoms with E-state index in [1.807, 2.05) is 4.90 Å². The van der Waals surface area contributed by atoms with Gasteiger partial charge in [0.05, 0.1) is 6.10 Å². The van der Waals surface area contributed by atoms with E-state index in [1.165, 1.54) is 18.6 Å². The third kappa shape index (κ3) is 2.43. The molecule has 1 saturated heterocycles. The summed E-state index contributed by atoms with van der Waals surface area (Å²) in [6.45, 7) is 1.42. The number of carbonyl (C=O) groups is 1. The van der Waals surface area contributed by atoms with Crippen LogP contribution in [0.1, 0.15) is 37.2 Å². The molecule has 3 nitrogen and oxygen atoms in total. The van der Waals surface area contributed by atoms with Crippen LogP contribution in [0.3, 0.4) is 0 Å². The van der Waals surface area contributed by atoms with Crippen molar-refractivity contribution < 1.29 is 14.3 Å². The summed E-state index contributed by atoms with van der Waals surface area (Å²) in [6.07, 6.45) is 3.90. The van der Waals surface area contributed by atoms with Crippen molar-refractivity contribution >= 4 is 5.91 Å². The topological polar surface area (TPSA) is 40.5 Å². The molecule has 1 N–H and O–H groups in total. The van der Waals surface area contributed by atoms with Crippen molar-refractivity contribution in [3.8, 4) is 0 Å². The molecule has 1 aromatic rings. The molecule has 0 aromatic heterocycles. The smallest absolute Gasteiger partial charge is 0.226 e. The molecule has 0 spiro atoms. The maximum absolute atomic E-state index is 13.0. The zero-order chi connectivity index (χ0) is 15.3. The number of carbonyl (C=O) groups excluding carboxylic acids is 1. The van der Waals surface area contributed by atoms with Crippen molar-refractivity contribution in [3.05, 3.63) is 35.6 Å². The van der Waals surface area contributed by atoms with Crippen LogP contribution in [-0.4, -0.2) is 35.1 Å². The van der Waals surface area contributed by atoms with Gasteiger partial charge < -0.3 is 10.0 Å². The van der Waals surface area contributed by atoms with Crippen molar-refractivity contribution in [2.45, 2.75) is 37.7 Å². The highest BCUT2D eigenvalue weighted by molar-refractivity contribution is 5.83. The van der Waals surface area contributed by atoms with Gasteiger partial charge in [-0.15, -0.1) is 0 Å². The summed E-state index contributed by atoms with van der Waals surface area (Å²) in [6, 6.07) is 6.53. The second-order valence-corrected chi connectivity index (χ2v) is 7.19. The fourth-order valence-corrected chi connectivity index (χ4v) is 4.37. The summed E-state index contributed by atoms with van der Waals surface area (Å²) < 4.78 is 13.0. The maximum Gasteiger partial charge on any atom is 0.226 e. The van der Waals surface area contributed by atoms with Gasteiger partial charge in [0, 0.05) is 30.8 Å². The van der Waals surface area contributed by atoms with Gasteiger partial charge in [-0.3, -0.25) is 4.79 Å². The Morgan fingerprint density at radius 1 is 1.14 bits per heavy atom. The number of aliphatic hydroxyl groups excluding tert-OH is 1. The molecule has 3 fully saturated rings. The number of amides is 1. The van der Waals surface area contributed by atoms with Crippen molar-refractivity contribution in [2.75, 3.05) is 13.1 Å². The Hall–Kier alpha value is -1.42. The highest BCUT2D eigenvalue weighted by atomic mass is 19.1. The molecule has 0 radical (unpaired) electrons. The second-order valence-electron chi connectivity index (χ2n) is 7.19. The number of hydrogen-bond acceptors (Lipinski definition) is 2. The standard InChI is InChI=1S/C18H22FNO2/c19-14-6-4-11(5-7-14)15-8-16(15)18(22)20-9-12-2-1-3-13(10-20)17(12)21/h4-7,12-13,15-17,21H,1-3,8-10H2. The normalized spacial score (nSPS) is 37.0. The lowest BCUT2D eigenvalue weighted by atomic mass is 9.75. The third-order valence-electron chi connectivity index (χ3n) is 5.74. The minimum Gasteiger partial charge on any atom is -0.392 e. The van der Waals surface area contributed by atoms with Crippen LogP contribution in [0.25, 0.3) is 0 Å². The Bertz CT molecular complexity index is 559. The monoisotopic (exact) mass is 303 g/mol. The van der Waals surface area contributed by atoms with Gasteiger partial charge in [0.1, 0.15) is 5.82 Å². The van der Waals surface area contributed by atoms with Gasteiger partial charge in [0.15, 0.2) is 0 Å². The molecule has 2 bridgehead atoms. The zero-order valence-corrected chi connectivity index (χ0v) is 12.6. The Labute approximate surface area is 130 Å². The molecule has 1 heterocycles. The first-order chi connectivity index (χ1) is 10.6. The van der Waals surface area contributed by atoms with Gasteiger partial charge in [0.25, 0.3) is 0 Å². The average molecular weight is 303 g/mol. The van der Waals surface area contributed by atoms with Crippen molar-refractivity contribution in [1.82, 2.24) is 4.90 Å². The van der Waals surface area contributed by atoms with Crippen LogP contribution in [0.5, 0.6) is 0 Å². The van der Waals surface area contributed by atoms with Gasteiger partial charge in [0.2, 0.25) is 5.91 Å². The molecule has 1 aromatic carbocycles. The second kappa shape index (κ2) is 5.34. The highest BCUT2D eigenvalue weighted by Gasteiger charge is 2.48. The van der Waals surface area contributed by atoms with Gasteiger partial charge in [-0.1, -0.05) is 18.6 Å². The fourth-order valence-electron chi connectivity index (χ4n) is 4.37. The van der Waals surface area contributed by atoms with E-state index in [9.17, 15) is 14.3 Å². The largest absolute Gasteiger partial charge is 0.392 e. The molecular weight excluding hydrogens is 281 g/mol. The quantitative estimate of drug-likeness (QED) is 0.912. The number of nitrogens with zero attached hydrogens (tertiary/aromatic N) is 1. The van der Waals surface area contributed by atoms with Gasteiger partial charge in [-0.2, -0.15) is 0 Å². The Balaban J connectivity index is 1.42. The Morgan fingerprint density at radius 3 is 2.41 bits per heavy atom. The lowest BCUT2D eigenvalue weighted by Gasteiger charge is -2.45. The van der Waals surface area contributed by atoms with Gasteiger partial charge in [-0.25, -0.2) is 4.39 Å². The summed E-state index contributed by atoms with van der Waals surface area (Å²) >= 11 is 0. The molecule has 1 aliphatic heterocycles. The summed E-state index contributed by atoms with van der Waals surface area (Å²) in [7, 11) is 0. The number of hydrogen-bond donors (Lipinski definition) is 1. The Kier molecular flexibility index (Phi) is 3.44. The minimum atomic E-state index is -0.231. The molecule has 4 rings (SSSR count). The van der Waals surface area contributed by atoms with E-state index in [1.54, 1.807) is 12.1 Å². The van der Waals surface area contributed by atoms with Crippen LogP contribution in [-0.2, 0) is 4.79 Å².